The first kappa shape index (κ1) is 22.2. The van der Waals surface area contributed by atoms with Crippen molar-refractivity contribution in [3.63, 3.8) is 0 Å². The highest BCUT2D eigenvalue weighted by Gasteiger charge is 2.23. The second-order valence-electron chi connectivity index (χ2n) is 8.77. The summed E-state index contributed by atoms with van der Waals surface area (Å²) in [6.45, 7) is 6.70. The number of aromatic nitrogens is 1. The van der Waals surface area contributed by atoms with E-state index in [-0.39, 0.29) is 5.91 Å². The van der Waals surface area contributed by atoms with Gasteiger partial charge in [0.2, 0.25) is 0 Å². The van der Waals surface area contributed by atoms with Crippen molar-refractivity contribution in [3.05, 3.63) is 77.0 Å². The van der Waals surface area contributed by atoms with Crippen molar-refractivity contribution >= 4 is 23.5 Å². The largest absolute Gasteiger partial charge is 0.493 e. The van der Waals surface area contributed by atoms with Gasteiger partial charge in [0.25, 0.3) is 5.91 Å². The van der Waals surface area contributed by atoms with Crippen LogP contribution in [0.3, 0.4) is 0 Å². The van der Waals surface area contributed by atoms with Crippen molar-refractivity contribution in [3.8, 4) is 17.0 Å². The molecule has 6 heteroatoms. The Morgan fingerprint density at radius 2 is 1.88 bits per heavy atom. The van der Waals surface area contributed by atoms with Gasteiger partial charge in [0.05, 0.1) is 17.9 Å². The summed E-state index contributed by atoms with van der Waals surface area (Å²) in [6, 6.07) is 16.5. The number of amides is 1. The van der Waals surface area contributed by atoms with Crippen LogP contribution in [0.15, 0.2) is 54.7 Å². The second-order valence-corrected chi connectivity index (χ2v) is 8.77. The highest BCUT2D eigenvalue weighted by atomic mass is 16.5. The Bertz CT molecular complexity index is 1230. The zero-order chi connectivity index (χ0) is 23.5. The Balaban J connectivity index is 1.53. The number of fused-ring (bicyclic) bond motifs is 1. The van der Waals surface area contributed by atoms with E-state index in [9.17, 15) is 4.79 Å². The molecule has 3 heterocycles. The van der Waals surface area contributed by atoms with Crippen LogP contribution in [-0.2, 0) is 0 Å². The molecule has 1 fully saturated rings. The molecule has 0 spiro atoms. The molecule has 5 rings (SSSR count). The first-order valence-corrected chi connectivity index (χ1v) is 11.9. The number of carbonyl (C=O) groups excluding carboxylic acids is 1. The highest BCUT2D eigenvalue weighted by Crippen LogP contribution is 2.35. The van der Waals surface area contributed by atoms with Crippen molar-refractivity contribution in [2.24, 2.45) is 0 Å². The number of piperidine rings is 1. The predicted molar refractivity (Wildman–Crippen MR) is 136 cm³/mol. The van der Waals surface area contributed by atoms with Gasteiger partial charge in [0.15, 0.2) is 0 Å². The molecule has 0 saturated carbocycles. The fourth-order valence-electron chi connectivity index (χ4n) is 4.66. The summed E-state index contributed by atoms with van der Waals surface area (Å²) >= 11 is 0. The van der Waals surface area contributed by atoms with Crippen molar-refractivity contribution in [2.45, 2.75) is 32.6 Å². The third-order valence-electron chi connectivity index (χ3n) is 6.40. The molecule has 2 aromatic carbocycles. The molecule has 0 atom stereocenters. The number of aryl methyl sites for hydroxylation is 1. The number of pyridine rings is 1. The van der Waals surface area contributed by atoms with Crippen LogP contribution in [0, 0.1) is 6.92 Å². The van der Waals surface area contributed by atoms with Gasteiger partial charge in [0.1, 0.15) is 11.6 Å². The van der Waals surface area contributed by atoms with E-state index in [0.29, 0.717) is 23.9 Å². The van der Waals surface area contributed by atoms with Crippen LogP contribution in [0.1, 0.15) is 52.7 Å². The number of anilines is 2. The lowest BCUT2D eigenvalue weighted by molar-refractivity contribution is 0.0965. The van der Waals surface area contributed by atoms with Gasteiger partial charge in [-0.1, -0.05) is 23.8 Å². The van der Waals surface area contributed by atoms with Gasteiger partial charge >= 0.3 is 0 Å². The second kappa shape index (κ2) is 9.69. The molecule has 0 aliphatic carbocycles. The summed E-state index contributed by atoms with van der Waals surface area (Å²) in [5.74, 6) is 1.57. The average molecular weight is 454 g/mol. The molecule has 2 aliphatic rings. The SMILES string of the molecule is CCOc1ccc(C)cc1-c1cc2c(c(Nc3ccc(C4CCNCC4)cc3)n1)C(=O)[N]C=C2. The predicted octanol–water partition coefficient (Wildman–Crippen LogP) is 5.40. The van der Waals surface area contributed by atoms with E-state index in [1.807, 2.05) is 38.1 Å². The minimum atomic E-state index is -0.292. The molecule has 1 saturated heterocycles. The van der Waals surface area contributed by atoms with Crippen LogP contribution in [0.25, 0.3) is 17.3 Å². The zero-order valence-electron chi connectivity index (χ0n) is 19.6. The summed E-state index contributed by atoms with van der Waals surface area (Å²) < 4.78 is 5.87. The highest BCUT2D eigenvalue weighted by molar-refractivity contribution is 6.05. The van der Waals surface area contributed by atoms with Gasteiger partial charge in [-0.2, -0.15) is 0 Å². The number of benzene rings is 2. The number of nitrogens with zero attached hydrogens (tertiary/aromatic N) is 2. The third kappa shape index (κ3) is 4.54. The third-order valence-corrected chi connectivity index (χ3v) is 6.40. The number of rotatable bonds is 6. The number of carbonyl (C=O) groups is 1. The van der Waals surface area contributed by atoms with Gasteiger partial charge in [-0.3, -0.25) is 4.79 Å². The molecule has 6 nitrogen and oxygen atoms in total. The molecule has 173 valence electrons. The minimum Gasteiger partial charge on any atom is -0.493 e. The summed E-state index contributed by atoms with van der Waals surface area (Å²) in [4.78, 5) is 17.6. The minimum absolute atomic E-state index is 0.292. The van der Waals surface area contributed by atoms with E-state index < -0.39 is 0 Å². The molecule has 1 aromatic heterocycles. The van der Waals surface area contributed by atoms with Crippen LogP contribution in [0.5, 0.6) is 5.75 Å². The number of hydrogen-bond donors (Lipinski definition) is 2. The molecule has 2 N–H and O–H groups in total. The Hall–Kier alpha value is -3.64. The van der Waals surface area contributed by atoms with Gasteiger partial charge < -0.3 is 15.4 Å². The Kier molecular flexibility index (Phi) is 6.32. The molecule has 2 aliphatic heterocycles. The maximum Gasteiger partial charge on any atom is 0.281 e. The fraction of sp³-hybridized carbons (Fsp3) is 0.286. The molecule has 34 heavy (non-hydrogen) atoms. The van der Waals surface area contributed by atoms with Gasteiger partial charge in [-0.15, -0.1) is 0 Å². The van der Waals surface area contributed by atoms with Crippen molar-refractivity contribution in [1.82, 2.24) is 15.6 Å². The summed E-state index contributed by atoms with van der Waals surface area (Å²) in [6.07, 6.45) is 5.71. The monoisotopic (exact) mass is 453 g/mol. The molecule has 0 bridgehead atoms. The summed E-state index contributed by atoms with van der Waals surface area (Å²) in [5.41, 5.74) is 6.29. The van der Waals surface area contributed by atoms with Gasteiger partial charge in [0, 0.05) is 17.5 Å². The Morgan fingerprint density at radius 3 is 2.65 bits per heavy atom. The first-order chi connectivity index (χ1) is 16.6. The van der Waals surface area contributed by atoms with E-state index in [1.165, 1.54) is 5.56 Å². The smallest absolute Gasteiger partial charge is 0.281 e. The summed E-state index contributed by atoms with van der Waals surface area (Å²) in [5, 5.41) is 10.8. The van der Waals surface area contributed by atoms with Gasteiger partial charge in [-0.05, 0) is 93.2 Å². The van der Waals surface area contributed by atoms with E-state index in [0.717, 1.165) is 59.8 Å². The maximum absolute atomic E-state index is 12.7. The van der Waals surface area contributed by atoms with Crippen molar-refractivity contribution in [1.29, 1.82) is 0 Å². The number of hydrogen-bond acceptors (Lipinski definition) is 5. The molecular formula is C28H29N4O2. The average Bonchev–Trinajstić information content (AvgIpc) is 2.86. The van der Waals surface area contributed by atoms with Crippen molar-refractivity contribution in [2.75, 3.05) is 25.0 Å². The molecule has 0 unspecified atom stereocenters. The first-order valence-electron chi connectivity index (χ1n) is 11.9. The lowest BCUT2D eigenvalue weighted by Crippen LogP contribution is -2.26. The zero-order valence-corrected chi connectivity index (χ0v) is 19.6. The van der Waals surface area contributed by atoms with Crippen LogP contribution >= 0.6 is 0 Å². The molecular weight excluding hydrogens is 424 g/mol. The van der Waals surface area contributed by atoms with Crippen molar-refractivity contribution < 1.29 is 9.53 Å². The van der Waals surface area contributed by atoms with E-state index >= 15 is 0 Å². The lowest BCUT2D eigenvalue weighted by atomic mass is 9.90. The van der Waals surface area contributed by atoms with E-state index in [4.69, 9.17) is 9.72 Å². The standard InChI is InChI=1S/C28H29N4O2/c1-3-34-25-9-4-18(2)16-23(25)24-17-21-12-15-30-28(33)26(21)27(32-24)31-22-7-5-19(6-8-22)20-10-13-29-14-11-20/h4-9,12,15-17,20,29H,3,10-11,13-14H2,1-2H3,(H,31,32). The van der Waals surface area contributed by atoms with Crippen LogP contribution in [0.4, 0.5) is 11.5 Å². The van der Waals surface area contributed by atoms with Gasteiger partial charge in [-0.25, -0.2) is 10.3 Å². The molecule has 1 radical (unpaired) electrons. The Labute approximate surface area is 200 Å². The lowest BCUT2D eigenvalue weighted by Gasteiger charge is -2.23. The summed E-state index contributed by atoms with van der Waals surface area (Å²) in [7, 11) is 0. The van der Waals surface area contributed by atoms with E-state index in [1.54, 1.807) is 6.20 Å². The normalized spacial score (nSPS) is 15.5. The van der Waals surface area contributed by atoms with Crippen LogP contribution < -0.4 is 20.7 Å². The Morgan fingerprint density at radius 1 is 1.09 bits per heavy atom. The fourth-order valence-corrected chi connectivity index (χ4v) is 4.66. The van der Waals surface area contributed by atoms with E-state index in [2.05, 4.69) is 46.3 Å². The number of nitrogens with one attached hydrogen (secondary N) is 2. The van der Waals surface area contributed by atoms with Crippen LogP contribution in [0.2, 0.25) is 0 Å². The quantitative estimate of drug-likeness (QED) is 0.523. The topological polar surface area (TPSA) is 77.3 Å². The molecule has 1 amide bonds. The number of ether oxygens (including phenoxy) is 1. The van der Waals surface area contributed by atoms with Crippen LogP contribution in [-0.4, -0.2) is 30.6 Å². The molecule has 3 aromatic rings. The maximum atomic E-state index is 12.7.